The molecule has 26 heavy (non-hydrogen) atoms. The van der Waals surface area contributed by atoms with Crippen LogP contribution in [0.25, 0.3) is 0 Å². The van der Waals surface area contributed by atoms with E-state index in [2.05, 4.69) is 23.8 Å². The molecule has 1 aromatic carbocycles. The fraction of sp³-hybridized carbons (Fsp3) is 0.211. The molecular weight excluding hydrogens is 389 g/mol. The van der Waals surface area contributed by atoms with Gasteiger partial charge in [0.05, 0.1) is 0 Å². The molecule has 0 amide bonds. The number of rotatable bonds is 6. The fourth-order valence-electron chi connectivity index (χ4n) is 2.89. The van der Waals surface area contributed by atoms with Gasteiger partial charge in [0.2, 0.25) is 6.41 Å². The van der Waals surface area contributed by atoms with Crippen molar-refractivity contribution < 1.29 is 4.79 Å². The van der Waals surface area contributed by atoms with Crippen LogP contribution in [0, 0.1) is 5.92 Å². The maximum absolute atomic E-state index is 11.4. The summed E-state index contributed by atoms with van der Waals surface area (Å²) in [4.78, 5) is 22.1. The monoisotopic (exact) mass is 405 g/mol. The lowest BCUT2D eigenvalue weighted by Crippen LogP contribution is -2.16. The van der Waals surface area contributed by atoms with Crippen molar-refractivity contribution in [1.29, 1.82) is 0 Å². The Morgan fingerprint density at radius 1 is 1.15 bits per heavy atom. The number of hydrogen-bond acceptors (Lipinski definition) is 4. The lowest BCUT2D eigenvalue weighted by Gasteiger charge is -2.22. The van der Waals surface area contributed by atoms with Crippen molar-refractivity contribution in [3.8, 4) is 0 Å². The van der Waals surface area contributed by atoms with E-state index in [9.17, 15) is 4.79 Å². The van der Waals surface area contributed by atoms with Gasteiger partial charge in [0, 0.05) is 50.5 Å². The standard InChI is InChI=1S/C19H17Cl2N3OS/c1-12(2)18(19-23-5-6-24(19)11-25)16-10-22-4-3-17(16)26-15-8-13(20)7-14(21)9-15/h3-12,18H,1-2H3. The molecule has 1 atom stereocenters. The first-order valence-electron chi connectivity index (χ1n) is 8.05. The molecule has 2 heterocycles. The topological polar surface area (TPSA) is 47.8 Å². The number of hydrogen-bond donors (Lipinski definition) is 0. The van der Waals surface area contributed by atoms with Gasteiger partial charge in [-0.1, -0.05) is 48.8 Å². The van der Waals surface area contributed by atoms with E-state index in [4.69, 9.17) is 23.2 Å². The third-order valence-electron chi connectivity index (χ3n) is 3.97. The number of carbonyl (C=O) groups excluding carboxylic acids is 1. The normalized spacial score (nSPS) is 12.3. The molecule has 0 aliphatic rings. The second kappa shape index (κ2) is 8.25. The first-order valence-corrected chi connectivity index (χ1v) is 9.62. The SMILES string of the molecule is CC(C)C(c1cnccc1Sc1cc(Cl)cc(Cl)c1)c1nccn1C=O. The fourth-order valence-corrected chi connectivity index (χ4v) is 4.59. The molecule has 0 bridgehead atoms. The zero-order valence-corrected chi connectivity index (χ0v) is 16.6. The van der Waals surface area contributed by atoms with Crippen molar-refractivity contribution >= 4 is 41.4 Å². The third kappa shape index (κ3) is 4.11. The number of benzene rings is 1. The summed E-state index contributed by atoms with van der Waals surface area (Å²) in [5.41, 5.74) is 1.01. The molecular formula is C19H17Cl2N3OS. The Morgan fingerprint density at radius 3 is 2.54 bits per heavy atom. The Morgan fingerprint density at radius 2 is 1.88 bits per heavy atom. The number of halogens is 2. The summed E-state index contributed by atoms with van der Waals surface area (Å²) >= 11 is 13.8. The minimum Gasteiger partial charge on any atom is -0.278 e. The van der Waals surface area contributed by atoms with E-state index in [1.807, 2.05) is 24.4 Å². The van der Waals surface area contributed by atoms with Gasteiger partial charge in [-0.25, -0.2) is 4.98 Å². The van der Waals surface area contributed by atoms with E-state index in [-0.39, 0.29) is 11.8 Å². The Hall–Kier alpha value is -1.82. The van der Waals surface area contributed by atoms with E-state index in [1.165, 1.54) is 4.57 Å². The number of carbonyl (C=O) groups is 1. The Balaban J connectivity index is 2.05. The zero-order chi connectivity index (χ0) is 18.7. The van der Waals surface area contributed by atoms with Crippen LogP contribution >= 0.6 is 35.0 Å². The van der Waals surface area contributed by atoms with Crippen LogP contribution in [0.2, 0.25) is 10.0 Å². The molecule has 0 aliphatic carbocycles. The van der Waals surface area contributed by atoms with Gasteiger partial charge in [0.25, 0.3) is 0 Å². The van der Waals surface area contributed by atoms with E-state index >= 15 is 0 Å². The van der Waals surface area contributed by atoms with Crippen LogP contribution in [0.1, 0.15) is 31.2 Å². The molecule has 0 spiro atoms. The lowest BCUT2D eigenvalue weighted by molar-refractivity contribution is 0.512. The van der Waals surface area contributed by atoms with Crippen LogP contribution in [-0.4, -0.2) is 20.9 Å². The molecule has 7 heteroatoms. The van der Waals surface area contributed by atoms with Gasteiger partial charge in [-0.2, -0.15) is 0 Å². The van der Waals surface area contributed by atoms with Gasteiger partial charge >= 0.3 is 0 Å². The predicted octanol–water partition coefficient (Wildman–Crippen LogP) is 5.56. The van der Waals surface area contributed by atoms with Gasteiger partial charge in [0.15, 0.2) is 0 Å². The molecule has 0 N–H and O–H groups in total. The second-order valence-corrected chi connectivity index (χ2v) is 8.13. The summed E-state index contributed by atoms with van der Waals surface area (Å²) in [6.07, 6.45) is 7.67. The molecule has 134 valence electrons. The Labute approximate surface area is 166 Å². The molecule has 4 nitrogen and oxygen atoms in total. The minimum absolute atomic E-state index is 0.0685. The number of aromatic nitrogens is 3. The Kier molecular flexibility index (Phi) is 6.01. The summed E-state index contributed by atoms with van der Waals surface area (Å²) < 4.78 is 1.52. The second-order valence-electron chi connectivity index (χ2n) is 6.14. The number of nitrogens with zero attached hydrogens (tertiary/aromatic N) is 3. The highest BCUT2D eigenvalue weighted by Gasteiger charge is 2.26. The minimum atomic E-state index is -0.0685. The van der Waals surface area contributed by atoms with Crippen LogP contribution in [-0.2, 0) is 4.79 Å². The summed E-state index contributed by atoms with van der Waals surface area (Å²) in [7, 11) is 0. The maximum Gasteiger partial charge on any atom is 0.219 e. The van der Waals surface area contributed by atoms with Crippen LogP contribution in [0.3, 0.4) is 0 Å². The summed E-state index contributed by atoms with van der Waals surface area (Å²) in [5, 5.41) is 1.18. The molecule has 0 saturated heterocycles. The molecule has 2 aromatic heterocycles. The van der Waals surface area contributed by atoms with Gasteiger partial charge in [0.1, 0.15) is 5.82 Å². The van der Waals surface area contributed by atoms with Gasteiger partial charge in [-0.3, -0.25) is 14.3 Å². The van der Waals surface area contributed by atoms with Crippen molar-refractivity contribution in [2.75, 3.05) is 0 Å². The van der Waals surface area contributed by atoms with Gasteiger partial charge in [-0.05, 0) is 35.7 Å². The zero-order valence-electron chi connectivity index (χ0n) is 14.3. The van der Waals surface area contributed by atoms with Gasteiger partial charge < -0.3 is 0 Å². The van der Waals surface area contributed by atoms with Crippen molar-refractivity contribution in [3.63, 3.8) is 0 Å². The first-order chi connectivity index (χ1) is 12.5. The molecule has 0 radical (unpaired) electrons. The van der Waals surface area contributed by atoms with E-state index < -0.39 is 0 Å². The van der Waals surface area contributed by atoms with Crippen molar-refractivity contribution in [1.82, 2.24) is 14.5 Å². The van der Waals surface area contributed by atoms with Crippen molar-refractivity contribution in [2.45, 2.75) is 29.6 Å². The van der Waals surface area contributed by atoms with Crippen LogP contribution < -0.4 is 0 Å². The number of imidazole rings is 1. The molecule has 0 aliphatic heterocycles. The van der Waals surface area contributed by atoms with Crippen molar-refractivity contribution in [3.05, 3.63) is 70.5 Å². The largest absolute Gasteiger partial charge is 0.278 e. The van der Waals surface area contributed by atoms with E-state index in [0.29, 0.717) is 15.9 Å². The molecule has 3 aromatic rings. The predicted molar refractivity (Wildman–Crippen MR) is 106 cm³/mol. The average Bonchev–Trinajstić information content (AvgIpc) is 3.03. The summed E-state index contributed by atoms with van der Waals surface area (Å²) in [6, 6.07) is 7.41. The first kappa shape index (κ1) is 19.0. The molecule has 0 saturated carbocycles. The number of pyridine rings is 1. The maximum atomic E-state index is 11.4. The van der Waals surface area contributed by atoms with Crippen molar-refractivity contribution in [2.24, 2.45) is 5.92 Å². The quantitative estimate of drug-likeness (QED) is 0.503. The highest BCUT2D eigenvalue weighted by molar-refractivity contribution is 7.99. The molecule has 0 fully saturated rings. The van der Waals surface area contributed by atoms with E-state index in [1.54, 1.807) is 36.4 Å². The smallest absolute Gasteiger partial charge is 0.219 e. The Bertz CT molecular complexity index is 906. The van der Waals surface area contributed by atoms with Gasteiger partial charge in [-0.15, -0.1) is 0 Å². The summed E-state index contributed by atoms with van der Waals surface area (Å²) in [6.45, 7) is 4.21. The van der Waals surface area contributed by atoms with Crippen LogP contribution in [0.15, 0.2) is 58.8 Å². The molecule has 1 unspecified atom stereocenters. The summed E-state index contributed by atoms with van der Waals surface area (Å²) in [5.74, 6) is 0.859. The van der Waals surface area contributed by atoms with Crippen LogP contribution in [0.4, 0.5) is 0 Å². The van der Waals surface area contributed by atoms with E-state index in [0.717, 1.165) is 21.8 Å². The average molecular weight is 406 g/mol. The molecule has 3 rings (SSSR count). The van der Waals surface area contributed by atoms with Crippen LogP contribution in [0.5, 0.6) is 0 Å². The lowest BCUT2D eigenvalue weighted by atomic mass is 9.88. The third-order valence-corrected chi connectivity index (χ3v) is 5.47. The highest BCUT2D eigenvalue weighted by atomic mass is 35.5. The highest BCUT2D eigenvalue weighted by Crippen LogP contribution is 2.40.